The fraction of sp³-hybridized carbons (Fsp3) is 0.889. The highest BCUT2D eigenvalue weighted by Gasteiger charge is 2.86. The van der Waals surface area contributed by atoms with E-state index in [4.69, 9.17) is 5.11 Å². The molecule has 320 valence electrons. The average Bonchev–Trinajstić information content (AvgIpc) is 2.87. The van der Waals surface area contributed by atoms with Gasteiger partial charge in [0.15, 0.2) is 0 Å². The summed E-state index contributed by atoms with van der Waals surface area (Å²) in [6.45, 7) is -1.08. The smallest absolute Gasteiger partial charge is 0.477 e. The molecule has 0 aromatic heterocycles. The molecule has 0 rings (SSSR count). The number of carboxylic acids is 1. The summed E-state index contributed by atoms with van der Waals surface area (Å²) in [5.41, 5.74) is 0. The van der Waals surface area contributed by atoms with Gasteiger partial charge in [0.2, 0.25) is 13.9 Å². The Hall–Kier alpha value is -2.61. The normalized spacial score (nSPS) is 16.0. The zero-order chi connectivity index (χ0) is 44.4. The molecule has 0 amide bonds. The summed E-state index contributed by atoms with van der Waals surface area (Å²) in [5.74, 6) is -31.9. The second kappa shape index (κ2) is 22.6. The molecule has 1 N–H and O–H groups in total. The molecule has 0 bridgehead atoms. The number of halogens is 29. The first-order valence-electron chi connectivity index (χ1n) is 10.8. The van der Waals surface area contributed by atoms with E-state index >= 15 is 0 Å². The van der Waals surface area contributed by atoms with Crippen LogP contribution in [-0.2, 0) is 19.1 Å². The second-order valence-corrected chi connectivity index (χ2v) is 7.23. The summed E-state index contributed by atoms with van der Waals surface area (Å²) in [6, 6.07) is 0. The third-order valence-corrected chi connectivity index (χ3v) is 3.50. The lowest BCUT2D eigenvalue weighted by molar-refractivity contribution is -0.490. The molecule has 0 fully saturated rings. The van der Waals surface area contributed by atoms with E-state index in [0.29, 0.717) is 0 Å². The predicted octanol–water partition coefficient (Wildman–Crippen LogP) is 10.6. The number of carbonyl (C=O) groups is 2. The summed E-state index contributed by atoms with van der Waals surface area (Å²) in [4.78, 5) is 19.9. The first-order valence-corrected chi connectivity index (χ1v) is 11.2. The number of hydrogen-bond donors (Lipinski definition) is 1. The van der Waals surface area contributed by atoms with Gasteiger partial charge in [-0.3, -0.25) is 23.0 Å². The Morgan fingerprint density at radius 3 is 0.865 bits per heavy atom. The third kappa shape index (κ3) is 17.9. The Morgan fingerprint density at radius 1 is 0.481 bits per heavy atom. The van der Waals surface area contributed by atoms with Crippen LogP contribution in [0.15, 0.2) is 0 Å². The molecule has 0 saturated heterocycles. The highest BCUT2D eigenvalue weighted by atomic mass is 35.5. The average molecular weight is 879 g/mol. The van der Waals surface area contributed by atoms with Gasteiger partial charge in [-0.25, -0.2) is 22.4 Å². The van der Waals surface area contributed by atoms with Crippen molar-refractivity contribution in [1.82, 2.24) is 0 Å². The maximum atomic E-state index is 13.2. The van der Waals surface area contributed by atoms with Crippen LogP contribution in [0.3, 0.4) is 0 Å². The van der Waals surface area contributed by atoms with Crippen LogP contribution in [0.1, 0.15) is 13.8 Å². The molecule has 0 spiro atoms. The van der Waals surface area contributed by atoms with E-state index in [1.165, 1.54) is 13.8 Å². The molecule has 0 aliphatic carbocycles. The summed E-state index contributed by atoms with van der Waals surface area (Å²) in [5, 5.41) is 4.00. The Balaban J connectivity index is -0.000000159. The van der Waals surface area contributed by atoms with Crippen LogP contribution >= 0.6 is 11.6 Å². The fourth-order valence-electron chi connectivity index (χ4n) is 1.34. The topological polar surface area (TPSA) is 72.8 Å². The molecule has 5 nitrogen and oxygen atoms in total. The van der Waals surface area contributed by atoms with E-state index in [2.05, 4.69) is 11.6 Å². The summed E-state index contributed by atoms with van der Waals surface area (Å²) < 4.78 is 328. The summed E-state index contributed by atoms with van der Waals surface area (Å²) >= 11 is 3.87. The van der Waals surface area contributed by atoms with E-state index in [0.717, 1.165) is 0 Å². The lowest BCUT2D eigenvalue weighted by Gasteiger charge is -2.38. The monoisotopic (exact) mass is 878 g/mol. The summed E-state index contributed by atoms with van der Waals surface area (Å²) in [7, 11) is 0. The predicted molar refractivity (Wildman–Crippen MR) is 110 cm³/mol. The van der Waals surface area contributed by atoms with Gasteiger partial charge in [0.05, 0.1) is 13.3 Å². The van der Waals surface area contributed by atoms with E-state index in [9.17, 15) is 133 Å². The Labute approximate surface area is 272 Å². The minimum atomic E-state index is -7.73. The Kier molecular flexibility index (Phi) is 26.7. The zero-order valence-corrected chi connectivity index (χ0v) is 24.6. The number of alkyl halides is 28. The van der Waals surface area contributed by atoms with Gasteiger partial charge in [-0.1, -0.05) is 0 Å². The van der Waals surface area contributed by atoms with Crippen LogP contribution in [0, 0.1) is 0 Å². The maximum Gasteiger partial charge on any atom is 0.483 e. The minimum absolute atomic E-state index is 0.250. The molecule has 0 aromatic rings. The molecule has 0 radical (unpaired) electrons. The third-order valence-electron chi connectivity index (χ3n) is 3.26. The van der Waals surface area contributed by atoms with E-state index < -0.39 is 85.5 Å². The van der Waals surface area contributed by atoms with Crippen molar-refractivity contribution in [2.45, 2.75) is 74.3 Å². The van der Waals surface area contributed by atoms with Gasteiger partial charge in [0.1, 0.15) is 0 Å². The number of hydrogen-bond acceptors (Lipinski definition) is 4. The molecule has 52 heavy (non-hydrogen) atoms. The zero-order valence-electron chi connectivity index (χ0n) is 23.9. The number of rotatable bonds is 7. The highest BCUT2D eigenvalue weighted by molar-refractivity contribution is 6.65. The number of carboxylic acid groups (broad SMARTS) is 1. The lowest BCUT2D eigenvalue weighted by Crippen LogP contribution is -2.68. The molecular formula is C18H15ClF28O5. The number of ether oxygens (including phenoxy) is 2. The molecule has 34 heteroatoms. The van der Waals surface area contributed by atoms with Crippen LogP contribution in [0.25, 0.3) is 0 Å². The molecule has 0 heterocycles. The van der Waals surface area contributed by atoms with Crippen molar-refractivity contribution in [3.8, 4) is 0 Å². The first kappa shape index (κ1) is 61.4. The lowest BCUT2D eigenvalue weighted by atomic mass is 10.1. The van der Waals surface area contributed by atoms with Crippen LogP contribution in [-0.4, -0.2) is 104 Å². The molecule has 3 atom stereocenters. The highest BCUT2D eigenvalue weighted by Crippen LogP contribution is 2.56. The molecule has 3 unspecified atom stereocenters. The largest absolute Gasteiger partial charge is 0.483 e. The van der Waals surface area contributed by atoms with E-state index in [1.807, 2.05) is 0 Å². The van der Waals surface area contributed by atoms with Gasteiger partial charge < -0.3 is 5.11 Å². The van der Waals surface area contributed by atoms with Crippen molar-refractivity contribution < 1.29 is 147 Å². The molecule has 0 aliphatic rings. The minimum Gasteiger partial charge on any atom is -0.477 e. The van der Waals surface area contributed by atoms with Crippen LogP contribution < -0.4 is 0 Å². The number of carbonyl (C=O) groups excluding carboxylic acids is 1. The van der Waals surface area contributed by atoms with Crippen molar-refractivity contribution in [3.05, 3.63) is 0 Å². The standard InChI is InChI=1S/C7ClF13O2.C5HF9O3.2C2H5F.2CH2F2/c8-1(22)2(9,5(13,14)15)23-4(12,7(19,20)21)3(10,11)6(16,17)18;6-2(1(15)16,3(7,8)9)17-5(13,14)4(10,11)12;2*1-2-3;2*2-1-3/h;(H,15,16);2*2H2,1H3;2*1H2. The summed E-state index contributed by atoms with van der Waals surface area (Å²) in [6.07, 6.45) is -42.0. The second-order valence-electron chi connectivity index (χ2n) is 6.89. The van der Waals surface area contributed by atoms with Crippen LogP contribution in [0.5, 0.6) is 0 Å². The Bertz CT molecular complexity index is 984. The van der Waals surface area contributed by atoms with Gasteiger partial charge in [0, 0.05) is 0 Å². The number of aliphatic carboxylic acids is 1. The maximum absolute atomic E-state index is 13.2. The van der Waals surface area contributed by atoms with Gasteiger partial charge in [-0.05, 0) is 25.4 Å². The van der Waals surface area contributed by atoms with Crippen molar-refractivity contribution in [3.63, 3.8) is 0 Å². The van der Waals surface area contributed by atoms with E-state index in [-0.39, 0.29) is 13.3 Å². The van der Waals surface area contributed by atoms with Gasteiger partial charge in [-0.15, -0.1) is 0 Å². The fourth-order valence-corrected chi connectivity index (χ4v) is 1.49. The molecular weight excluding hydrogens is 864 g/mol. The van der Waals surface area contributed by atoms with Crippen LogP contribution in [0.2, 0.25) is 0 Å². The quantitative estimate of drug-likeness (QED) is 0.204. The van der Waals surface area contributed by atoms with Crippen molar-refractivity contribution >= 4 is 22.8 Å². The molecule has 0 aliphatic heterocycles. The van der Waals surface area contributed by atoms with Gasteiger partial charge in [0.25, 0.3) is 5.24 Å². The first-order chi connectivity index (χ1) is 22.5. The van der Waals surface area contributed by atoms with Crippen molar-refractivity contribution in [1.29, 1.82) is 0 Å². The molecule has 0 aromatic carbocycles. The van der Waals surface area contributed by atoms with Crippen molar-refractivity contribution in [2.24, 2.45) is 0 Å². The molecule has 0 saturated carbocycles. The van der Waals surface area contributed by atoms with E-state index in [1.54, 1.807) is 9.47 Å². The van der Waals surface area contributed by atoms with Crippen molar-refractivity contribution in [2.75, 3.05) is 27.2 Å². The SMILES string of the molecule is CCF.CCF.FCF.FCF.O=C(Cl)C(F)(OC(F)(C(F)(F)F)C(F)(F)C(F)(F)F)C(F)(F)F.O=C(O)C(F)(OC(F)(F)C(F)(F)F)C(F)(F)F. The van der Waals surface area contributed by atoms with Gasteiger partial charge >= 0.3 is 66.4 Å². The van der Waals surface area contributed by atoms with Gasteiger partial charge in [-0.2, -0.15) is 96.6 Å². The van der Waals surface area contributed by atoms with Crippen LogP contribution in [0.4, 0.5) is 123 Å². The Morgan fingerprint density at radius 2 is 0.731 bits per heavy atom.